The van der Waals surface area contributed by atoms with Gasteiger partial charge < -0.3 is 4.90 Å². The van der Waals surface area contributed by atoms with E-state index in [1.165, 1.54) is 0 Å². The molecule has 1 heterocycles. The Morgan fingerprint density at radius 2 is 1.69 bits per heavy atom. The minimum Gasteiger partial charge on any atom is -0.300 e. The van der Waals surface area contributed by atoms with Crippen molar-refractivity contribution in [3.63, 3.8) is 0 Å². The largest absolute Gasteiger partial charge is 0.300 e. The standard InChI is InChI=1S/C11H20ClNO2S/c1-8(2)13-6-9-4-3-5-10(7-13)11(9)16(12,14)15/h8-11H,3-7H2,1-2H3. The molecule has 16 heavy (non-hydrogen) atoms. The molecule has 1 aliphatic carbocycles. The number of likely N-dealkylation sites (tertiary alicyclic amines) is 1. The smallest absolute Gasteiger partial charge is 0.236 e. The van der Waals surface area contributed by atoms with Gasteiger partial charge in [-0.05, 0) is 38.5 Å². The van der Waals surface area contributed by atoms with Gasteiger partial charge in [0.25, 0.3) is 0 Å². The molecule has 2 atom stereocenters. The fourth-order valence-corrected chi connectivity index (χ4v) is 5.54. The number of hydrogen-bond acceptors (Lipinski definition) is 3. The Bertz CT molecular complexity index is 341. The van der Waals surface area contributed by atoms with Gasteiger partial charge in [-0.25, -0.2) is 8.42 Å². The second-order valence-corrected chi connectivity index (χ2v) is 8.22. The van der Waals surface area contributed by atoms with Crippen LogP contribution in [-0.4, -0.2) is 37.7 Å². The van der Waals surface area contributed by atoms with Crippen molar-refractivity contribution in [1.82, 2.24) is 4.90 Å². The van der Waals surface area contributed by atoms with Crippen LogP contribution in [0.25, 0.3) is 0 Å². The molecule has 1 aliphatic heterocycles. The maximum absolute atomic E-state index is 11.6. The summed E-state index contributed by atoms with van der Waals surface area (Å²) in [4.78, 5) is 2.40. The highest BCUT2D eigenvalue weighted by atomic mass is 35.7. The van der Waals surface area contributed by atoms with Crippen molar-refractivity contribution in [2.45, 2.75) is 44.4 Å². The molecule has 0 amide bonds. The summed E-state index contributed by atoms with van der Waals surface area (Å²) in [6, 6.07) is 0.502. The first-order valence-corrected chi connectivity index (χ1v) is 8.44. The topological polar surface area (TPSA) is 37.4 Å². The van der Waals surface area contributed by atoms with Gasteiger partial charge in [0.2, 0.25) is 9.05 Å². The van der Waals surface area contributed by atoms with Crippen molar-refractivity contribution in [3.05, 3.63) is 0 Å². The Kier molecular flexibility index (Phi) is 3.53. The van der Waals surface area contributed by atoms with Crippen LogP contribution in [0.15, 0.2) is 0 Å². The predicted molar refractivity (Wildman–Crippen MR) is 66.1 cm³/mol. The molecular weight excluding hydrogens is 246 g/mol. The number of nitrogens with zero attached hydrogens (tertiary/aromatic N) is 1. The Hall–Kier alpha value is 0.200. The summed E-state index contributed by atoms with van der Waals surface area (Å²) in [6.45, 7) is 6.13. The van der Waals surface area contributed by atoms with Crippen LogP contribution >= 0.6 is 10.7 Å². The molecule has 0 aromatic heterocycles. The summed E-state index contributed by atoms with van der Waals surface area (Å²) in [7, 11) is 2.21. The van der Waals surface area contributed by atoms with Gasteiger partial charge in [0, 0.05) is 29.8 Å². The van der Waals surface area contributed by atoms with E-state index in [9.17, 15) is 8.42 Å². The molecule has 3 nitrogen and oxygen atoms in total. The van der Waals surface area contributed by atoms with Gasteiger partial charge in [-0.3, -0.25) is 0 Å². The van der Waals surface area contributed by atoms with Gasteiger partial charge in [0.15, 0.2) is 0 Å². The van der Waals surface area contributed by atoms with Crippen molar-refractivity contribution in [2.24, 2.45) is 11.8 Å². The minimum absolute atomic E-state index is 0.248. The highest BCUT2D eigenvalue weighted by Crippen LogP contribution is 2.40. The van der Waals surface area contributed by atoms with Gasteiger partial charge in [-0.1, -0.05) is 6.42 Å². The molecule has 2 unspecified atom stereocenters. The van der Waals surface area contributed by atoms with Crippen molar-refractivity contribution in [1.29, 1.82) is 0 Å². The van der Waals surface area contributed by atoms with Gasteiger partial charge in [0.1, 0.15) is 0 Å². The van der Waals surface area contributed by atoms with Crippen LogP contribution in [0.3, 0.4) is 0 Å². The van der Waals surface area contributed by atoms with Crippen LogP contribution in [0.2, 0.25) is 0 Å². The lowest BCUT2D eigenvalue weighted by molar-refractivity contribution is 0.0682. The van der Waals surface area contributed by atoms with E-state index in [2.05, 4.69) is 18.7 Å². The summed E-state index contributed by atoms with van der Waals surface area (Å²) in [5, 5.41) is -0.294. The highest BCUT2D eigenvalue weighted by molar-refractivity contribution is 8.14. The zero-order chi connectivity index (χ0) is 11.9. The van der Waals surface area contributed by atoms with E-state index >= 15 is 0 Å². The highest BCUT2D eigenvalue weighted by Gasteiger charge is 2.46. The van der Waals surface area contributed by atoms with E-state index in [1.807, 2.05) is 0 Å². The molecule has 5 heteroatoms. The number of fused-ring (bicyclic) bond motifs is 2. The van der Waals surface area contributed by atoms with Crippen LogP contribution in [0.4, 0.5) is 0 Å². The monoisotopic (exact) mass is 265 g/mol. The molecule has 0 spiro atoms. The molecule has 2 bridgehead atoms. The van der Waals surface area contributed by atoms with E-state index in [0.29, 0.717) is 6.04 Å². The lowest BCUT2D eigenvalue weighted by atomic mass is 9.77. The molecule has 0 N–H and O–H groups in total. The molecule has 0 radical (unpaired) electrons. The molecule has 2 aliphatic rings. The first kappa shape index (κ1) is 12.7. The van der Waals surface area contributed by atoms with E-state index in [4.69, 9.17) is 10.7 Å². The van der Waals surface area contributed by atoms with Crippen molar-refractivity contribution in [2.75, 3.05) is 13.1 Å². The zero-order valence-corrected chi connectivity index (χ0v) is 11.5. The van der Waals surface area contributed by atoms with E-state index in [0.717, 1.165) is 32.4 Å². The summed E-state index contributed by atoms with van der Waals surface area (Å²) < 4.78 is 23.2. The summed E-state index contributed by atoms with van der Waals surface area (Å²) in [5.41, 5.74) is 0. The fourth-order valence-electron chi connectivity index (χ4n) is 3.30. The Labute approximate surface area is 103 Å². The minimum atomic E-state index is -3.39. The number of piperidine rings is 1. The van der Waals surface area contributed by atoms with Crippen LogP contribution in [0.1, 0.15) is 33.1 Å². The maximum atomic E-state index is 11.6. The summed E-state index contributed by atoms with van der Waals surface area (Å²) in [5.74, 6) is 0.495. The normalized spacial score (nSPS) is 36.6. The second-order valence-electron chi connectivity index (χ2n) is 5.44. The van der Waals surface area contributed by atoms with E-state index in [1.54, 1.807) is 0 Å². The Morgan fingerprint density at radius 3 is 2.06 bits per heavy atom. The van der Waals surface area contributed by atoms with Crippen molar-refractivity contribution < 1.29 is 8.42 Å². The molecule has 1 saturated carbocycles. The first-order valence-electron chi connectivity index (χ1n) is 6.07. The quantitative estimate of drug-likeness (QED) is 0.718. The van der Waals surface area contributed by atoms with Gasteiger partial charge in [-0.2, -0.15) is 0 Å². The molecule has 2 fully saturated rings. The molecular formula is C11H20ClNO2S. The maximum Gasteiger partial charge on any atom is 0.236 e. The Balaban J connectivity index is 2.20. The molecule has 1 saturated heterocycles. The van der Waals surface area contributed by atoms with E-state index in [-0.39, 0.29) is 17.1 Å². The molecule has 94 valence electrons. The molecule has 0 aromatic carbocycles. The van der Waals surface area contributed by atoms with Crippen molar-refractivity contribution >= 4 is 19.7 Å². The van der Waals surface area contributed by atoms with Crippen LogP contribution in [-0.2, 0) is 9.05 Å². The summed E-state index contributed by atoms with van der Waals surface area (Å²) in [6.07, 6.45) is 3.18. The molecule has 0 aromatic rings. The average molecular weight is 266 g/mol. The SMILES string of the molecule is CC(C)N1CC2CCCC(C1)C2S(=O)(=O)Cl. The van der Waals surface area contributed by atoms with Crippen molar-refractivity contribution in [3.8, 4) is 0 Å². The van der Waals surface area contributed by atoms with Gasteiger partial charge in [-0.15, -0.1) is 0 Å². The fraction of sp³-hybridized carbons (Fsp3) is 1.00. The van der Waals surface area contributed by atoms with Gasteiger partial charge >= 0.3 is 0 Å². The third-order valence-electron chi connectivity index (χ3n) is 4.07. The lowest BCUT2D eigenvalue weighted by Gasteiger charge is -2.47. The van der Waals surface area contributed by atoms with Gasteiger partial charge in [0.05, 0.1) is 5.25 Å². The zero-order valence-electron chi connectivity index (χ0n) is 9.89. The second kappa shape index (κ2) is 4.46. The Morgan fingerprint density at radius 1 is 1.19 bits per heavy atom. The first-order chi connectivity index (χ1) is 7.39. The predicted octanol–water partition coefficient (Wildman–Crippen LogP) is 2.06. The number of rotatable bonds is 2. The van der Waals surface area contributed by atoms with Crippen LogP contribution < -0.4 is 0 Å². The number of halogens is 1. The third kappa shape index (κ3) is 2.39. The van der Waals surface area contributed by atoms with Crippen LogP contribution in [0.5, 0.6) is 0 Å². The molecule has 2 rings (SSSR count). The third-order valence-corrected chi connectivity index (χ3v) is 6.11. The van der Waals surface area contributed by atoms with E-state index < -0.39 is 9.05 Å². The average Bonchev–Trinajstić information content (AvgIpc) is 2.13. The number of hydrogen-bond donors (Lipinski definition) is 0. The van der Waals surface area contributed by atoms with Crippen LogP contribution in [0, 0.1) is 11.8 Å². The summed E-state index contributed by atoms with van der Waals surface area (Å²) >= 11 is 0. The lowest BCUT2D eigenvalue weighted by Crippen LogP contribution is -2.55.